The van der Waals surface area contributed by atoms with E-state index in [1.807, 2.05) is 20.0 Å². The lowest BCUT2D eigenvalue weighted by Crippen LogP contribution is -2.36. The first-order valence-corrected chi connectivity index (χ1v) is 6.69. The molecule has 2 atom stereocenters. The lowest BCUT2D eigenvalue weighted by molar-refractivity contribution is -0.0646. The van der Waals surface area contributed by atoms with E-state index in [0.717, 1.165) is 30.2 Å². The molecule has 1 heterocycles. The minimum atomic E-state index is -0.296. The number of ether oxygens (including phenoxy) is 1. The number of anilines is 1. The highest BCUT2D eigenvalue weighted by atomic mass is 16.5. The molecule has 4 nitrogen and oxygen atoms in total. The predicted octanol–water partition coefficient (Wildman–Crippen LogP) is 2.88. The summed E-state index contributed by atoms with van der Waals surface area (Å²) in [5.41, 5.74) is 0.689. The van der Waals surface area contributed by atoms with Crippen molar-refractivity contribution in [3.05, 3.63) is 17.6 Å². The predicted molar refractivity (Wildman–Crippen MR) is 72.6 cm³/mol. The van der Waals surface area contributed by atoms with Gasteiger partial charge in [0, 0.05) is 25.9 Å². The zero-order valence-corrected chi connectivity index (χ0v) is 11.8. The number of hydrogen-bond acceptors (Lipinski definition) is 4. The van der Waals surface area contributed by atoms with Crippen molar-refractivity contribution in [2.24, 2.45) is 5.92 Å². The number of nitrogens with zero attached hydrogens (tertiary/aromatic N) is 2. The molecule has 0 radical (unpaired) electrons. The molecule has 4 heteroatoms. The minimum absolute atomic E-state index is 0.296. The van der Waals surface area contributed by atoms with Crippen molar-refractivity contribution in [2.75, 3.05) is 19.5 Å². The van der Waals surface area contributed by atoms with Gasteiger partial charge in [-0.25, -0.2) is 9.97 Å². The number of methoxy groups -OCH3 is 1. The first-order chi connectivity index (χ1) is 8.59. The van der Waals surface area contributed by atoms with Crippen LogP contribution in [0.4, 0.5) is 5.82 Å². The van der Waals surface area contributed by atoms with Gasteiger partial charge in [-0.15, -0.1) is 0 Å². The Bertz CT molecular complexity index is 422. The highest BCUT2D eigenvalue weighted by molar-refractivity contribution is 5.35. The van der Waals surface area contributed by atoms with Gasteiger partial charge < -0.3 is 10.1 Å². The molecule has 1 fully saturated rings. The van der Waals surface area contributed by atoms with E-state index in [1.54, 1.807) is 7.11 Å². The topological polar surface area (TPSA) is 47.0 Å². The maximum Gasteiger partial charge on any atom is 0.162 e. The molecule has 0 bridgehead atoms. The molecule has 2 rings (SSSR count). The lowest BCUT2D eigenvalue weighted by atomic mass is 9.78. The second-order valence-corrected chi connectivity index (χ2v) is 5.37. The molecule has 1 aromatic rings. The average molecular weight is 249 g/mol. The van der Waals surface area contributed by atoms with Crippen molar-refractivity contribution in [3.8, 4) is 0 Å². The monoisotopic (exact) mass is 249 g/mol. The van der Waals surface area contributed by atoms with Crippen molar-refractivity contribution in [3.63, 3.8) is 0 Å². The van der Waals surface area contributed by atoms with Crippen LogP contribution in [-0.2, 0) is 10.3 Å². The van der Waals surface area contributed by atoms with Crippen LogP contribution in [0.25, 0.3) is 0 Å². The maximum absolute atomic E-state index is 5.84. The van der Waals surface area contributed by atoms with Crippen molar-refractivity contribution < 1.29 is 4.74 Å². The Balaban J connectivity index is 2.40. The normalized spacial score (nSPS) is 28.1. The molecule has 0 aliphatic heterocycles. The Kier molecular flexibility index (Phi) is 3.85. The van der Waals surface area contributed by atoms with E-state index in [0.29, 0.717) is 5.92 Å². The Morgan fingerprint density at radius 2 is 2.22 bits per heavy atom. The van der Waals surface area contributed by atoms with Crippen molar-refractivity contribution in [1.29, 1.82) is 0 Å². The van der Waals surface area contributed by atoms with Crippen LogP contribution in [-0.4, -0.2) is 24.1 Å². The number of aromatic nitrogens is 2. The second kappa shape index (κ2) is 5.22. The van der Waals surface area contributed by atoms with Crippen molar-refractivity contribution >= 4 is 5.82 Å². The third-order valence-corrected chi connectivity index (χ3v) is 3.86. The average Bonchev–Trinajstić information content (AvgIpc) is 2.37. The largest absolute Gasteiger partial charge is 0.373 e. The maximum atomic E-state index is 5.84. The Hall–Kier alpha value is -1.16. The summed E-state index contributed by atoms with van der Waals surface area (Å²) in [6.07, 6.45) is 4.48. The van der Waals surface area contributed by atoms with E-state index in [-0.39, 0.29) is 5.60 Å². The van der Waals surface area contributed by atoms with Gasteiger partial charge in [-0.1, -0.05) is 13.3 Å². The van der Waals surface area contributed by atoms with Gasteiger partial charge in [0.2, 0.25) is 0 Å². The summed E-state index contributed by atoms with van der Waals surface area (Å²) in [5.74, 6) is 2.37. The fourth-order valence-corrected chi connectivity index (χ4v) is 2.88. The van der Waals surface area contributed by atoms with Crippen LogP contribution < -0.4 is 5.32 Å². The summed E-state index contributed by atoms with van der Waals surface area (Å²) in [5, 5.41) is 3.09. The number of nitrogens with one attached hydrogen (secondary N) is 1. The standard InChI is InChI=1S/C14H23N3O/c1-10-6-5-7-14(9-10,18-4)13-16-11(2)8-12(15-3)17-13/h8,10H,5-7,9H2,1-4H3,(H,15,16,17). The highest BCUT2D eigenvalue weighted by Crippen LogP contribution is 2.41. The molecule has 0 aromatic carbocycles. The van der Waals surface area contributed by atoms with E-state index in [9.17, 15) is 0 Å². The highest BCUT2D eigenvalue weighted by Gasteiger charge is 2.39. The summed E-state index contributed by atoms with van der Waals surface area (Å²) in [7, 11) is 3.66. The Labute approximate surface area is 109 Å². The minimum Gasteiger partial charge on any atom is -0.373 e. The van der Waals surface area contributed by atoms with Gasteiger partial charge in [-0.2, -0.15) is 0 Å². The molecule has 1 aliphatic carbocycles. The number of aryl methyl sites for hydroxylation is 1. The van der Waals surface area contributed by atoms with E-state index in [2.05, 4.69) is 22.2 Å². The van der Waals surface area contributed by atoms with E-state index < -0.39 is 0 Å². The molecule has 1 N–H and O–H groups in total. The van der Waals surface area contributed by atoms with Crippen molar-refractivity contribution in [2.45, 2.75) is 45.1 Å². The summed E-state index contributed by atoms with van der Waals surface area (Å²) in [4.78, 5) is 9.21. The van der Waals surface area contributed by atoms with Gasteiger partial charge in [0.25, 0.3) is 0 Å². The molecule has 100 valence electrons. The van der Waals surface area contributed by atoms with Crippen molar-refractivity contribution in [1.82, 2.24) is 9.97 Å². The molecule has 18 heavy (non-hydrogen) atoms. The van der Waals surface area contributed by atoms with Crippen LogP contribution in [0.15, 0.2) is 6.07 Å². The van der Waals surface area contributed by atoms with Gasteiger partial charge in [-0.05, 0) is 32.1 Å². The molecule has 1 aliphatic rings. The summed E-state index contributed by atoms with van der Waals surface area (Å²) in [6.45, 7) is 4.28. The first kappa shape index (κ1) is 13.3. The third-order valence-electron chi connectivity index (χ3n) is 3.86. The Morgan fingerprint density at radius 3 is 2.83 bits per heavy atom. The zero-order valence-electron chi connectivity index (χ0n) is 11.8. The van der Waals surface area contributed by atoms with E-state index in [1.165, 1.54) is 12.8 Å². The van der Waals surface area contributed by atoms with Crippen LogP contribution in [0, 0.1) is 12.8 Å². The number of hydrogen-bond donors (Lipinski definition) is 1. The fraction of sp³-hybridized carbons (Fsp3) is 0.714. The quantitative estimate of drug-likeness (QED) is 0.894. The van der Waals surface area contributed by atoms with Crippen LogP contribution in [0.3, 0.4) is 0 Å². The van der Waals surface area contributed by atoms with Gasteiger partial charge >= 0.3 is 0 Å². The molecule has 1 saturated carbocycles. The van der Waals surface area contributed by atoms with Gasteiger partial charge in [0.05, 0.1) is 0 Å². The molecule has 0 spiro atoms. The smallest absolute Gasteiger partial charge is 0.162 e. The van der Waals surface area contributed by atoms with Gasteiger partial charge in [-0.3, -0.25) is 0 Å². The second-order valence-electron chi connectivity index (χ2n) is 5.37. The fourth-order valence-electron chi connectivity index (χ4n) is 2.88. The summed E-state index contributed by atoms with van der Waals surface area (Å²) in [6, 6.07) is 1.96. The lowest BCUT2D eigenvalue weighted by Gasteiger charge is -2.37. The SMILES string of the molecule is CNc1cc(C)nc(C2(OC)CCCC(C)C2)n1. The molecule has 0 saturated heterocycles. The summed E-state index contributed by atoms with van der Waals surface area (Å²) >= 11 is 0. The Morgan fingerprint density at radius 1 is 1.44 bits per heavy atom. The van der Waals surface area contributed by atoms with Crippen LogP contribution >= 0.6 is 0 Å². The van der Waals surface area contributed by atoms with E-state index >= 15 is 0 Å². The zero-order chi connectivity index (χ0) is 13.2. The van der Waals surface area contributed by atoms with E-state index in [4.69, 9.17) is 4.74 Å². The number of rotatable bonds is 3. The summed E-state index contributed by atoms with van der Waals surface area (Å²) < 4.78 is 5.84. The van der Waals surface area contributed by atoms with Gasteiger partial charge in [0.15, 0.2) is 5.82 Å². The molecular weight excluding hydrogens is 226 g/mol. The van der Waals surface area contributed by atoms with Gasteiger partial charge in [0.1, 0.15) is 11.4 Å². The third kappa shape index (κ3) is 2.48. The first-order valence-electron chi connectivity index (χ1n) is 6.69. The molecule has 1 aromatic heterocycles. The molecule has 0 amide bonds. The van der Waals surface area contributed by atoms with Crippen LogP contribution in [0.1, 0.15) is 44.1 Å². The molecule has 2 unspecified atom stereocenters. The molecular formula is C14H23N3O. The van der Waals surface area contributed by atoms with Crippen LogP contribution in [0.2, 0.25) is 0 Å². The van der Waals surface area contributed by atoms with Crippen LogP contribution in [0.5, 0.6) is 0 Å².